The summed E-state index contributed by atoms with van der Waals surface area (Å²) in [5, 5.41) is 3.32. The lowest BCUT2D eigenvalue weighted by molar-refractivity contribution is 0.0976. The third-order valence-electron chi connectivity index (χ3n) is 4.94. The van der Waals surface area contributed by atoms with Gasteiger partial charge in [0.05, 0.1) is 0 Å². The molecule has 1 atom stereocenters. The Labute approximate surface area is 125 Å². The van der Waals surface area contributed by atoms with Crippen LogP contribution in [-0.2, 0) is 0 Å². The predicted molar refractivity (Wildman–Crippen MR) is 80.1 cm³/mol. The Morgan fingerprint density at radius 2 is 1.62 bits per heavy atom. The van der Waals surface area contributed by atoms with E-state index in [1.807, 2.05) is 0 Å². The van der Waals surface area contributed by atoms with E-state index in [0.717, 1.165) is 39.0 Å². The van der Waals surface area contributed by atoms with Gasteiger partial charge >= 0.3 is 0 Å². The number of nitrogens with one attached hydrogen (secondary N) is 1. The first kappa shape index (κ1) is 14.9. The third kappa shape index (κ3) is 3.27. The van der Waals surface area contributed by atoms with Crippen molar-refractivity contribution in [1.82, 2.24) is 10.2 Å². The lowest BCUT2D eigenvalue weighted by atomic mass is 9.80. The van der Waals surface area contributed by atoms with Crippen LogP contribution in [0.5, 0.6) is 0 Å². The van der Waals surface area contributed by atoms with Crippen LogP contribution in [0.1, 0.15) is 43.7 Å². The van der Waals surface area contributed by atoms with Crippen molar-refractivity contribution in [3.05, 3.63) is 35.4 Å². The molecule has 4 heteroatoms. The molecule has 2 nitrogen and oxygen atoms in total. The maximum atomic E-state index is 14.3. The number of piperazine rings is 1. The van der Waals surface area contributed by atoms with E-state index in [0.29, 0.717) is 11.5 Å². The van der Waals surface area contributed by atoms with Crippen molar-refractivity contribution in [2.45, 2.75) is 38.1 Å². The highest BCUT2D eigenvalue weighted by Gasteiger charge is 2.34. The summed E-state index contributed by atoms with van der Waals surface area (Å²) in [4.78, 5) is 2.29. The van der Waals surface area contributed by atoms with Crippen molar-refractivity contribution in [1.29, 1.82) is 0 Å². The van der Waals surface area contributed by atoms with Crippen LogP contribution in [0.2, 0.25) is 0 Å². The van der Waals surface area contributed by atoms with Crippen molar-refractivity contribution in [3.63, 3.8) is 0 Å². The van der Waals surface area contributed by atoms with E-state index < -0.39 is 0 Å². The van der Waals surface area contributed by atoms with E-state index in [4.69, 9.17) is 0 Å². The largest absolute Gasteiger partial charge is 0.314 e. The molecule has 1 N–H and O–H groups in total. The van der Waals surface area contributed by atoms with Gasteiger partial charge in [-0.15, -0.1) is 0 Å². The second kappa shape index (κ2) is 6.84. The van der Waals surface area contributed by atoms with Gasteiger partial charge in [0.25, 0.3) is 0 Å². The summed E-state index contributed by atoms with van der Waals surface area (Å²) in [5.74, 6) is -0.392. The van der Waals surface area contributed by atoms with Gasteiger partial charge in [-0.05, 0) is 30.9 Å². The third-order valence-corrected chi connectivity index (χ3v) is 4.94. The minimum absolute atomic E-state index is 0.103. The first-order valence-corrected chi connectivity index (χ1v) is 8.16. The zero-order chi connectivity index (χ0) is 14.7. The average Bonchev–Trinajstić information content (AvgIpc) is 2.53. The van der Waals surface area contributed by atoms with Gasteiger partial charge in [-0.3, -0.25) is 4.90 Å². The smallest absolute Gasteiger partial charge is 0.130 e. The van der Waals surface area contributed by atoms with Crippen LogP contribution >= 0.6 is 0 Å². The van der Waals surface area contributed by atoms with E-state index in [2.05, 4.69) is 10.2 Å². The minimum Gasteiger partial charge on any atom is -0.314 e. The van der Waals surface area contributed by atoms with Gasteiger partial charge in [0.2, 0.25) is 0 Å². The van der Waals surface area contributed by atoms with Crippen molar-refractivity contribution in [2.75, 3.05) is 26.2 Å². The quantitative estimate of drug-likeness (QED) is 0.918. The summed E-state index contributed by atoms with van der Waals surface area (Å²) >= 11 is 0. The van der Waals surface area contributed by atoms with E-state index in [-0.39, 0.29) is 17.7 Å². The molecule has 1 aromatic rings. The Balaban J connectivity index is 1.94. The molecule has 21 heavy (non-hydrogen) atoms. The maximum Gasteiger partial charge on any atom is 0.130 e. The predicted octanol–water partition coefficient (Wildman–Crippen LogP) is 3.49. The molecule has 0 amide bonds. The first-order chi connectivity index (χ1) is 10.3. The van der Waals surface area contributed by atoms with Crippen molar-refractivity contribution >= 4 is 0 Å². The van der Waals surface area contributed by atoms with Gasteiger partial charge in [0.15, 0.2) is 0 Å². The standard InChI is InChI=1S/C17H24F2N2/c18-14-7-4-8-15(19)16(14)17(13-5-2-1-3-6-13)21-11-9-20-10-12-21/h4,7-8,13,17,20H,1-3,5-6,9-12H2/t17-/m0/s1. The lowest BCUT2D eigenvalue weighted by Gasteiger charge is -2.41. The monoisotopic (exact) mass is 294 g/mol. The number of hydrogen-bond acceptors (Lipinski definition) is 2. The topological polar surface area (TPSA) is 15.3 Å². The molecule has 1 saturated carbocycles. The second-order valence-corrected chi connectivity index (χ2v) is 6.26. The second-order valence-electron chi connectivity index (χ2n) is 6.26. The fraction of sp³-hybridized carbons (Fsp3) is 0.647. The molecule has 0 unspecified atom stereocenters. The molecule has 1 aliphatic heterocycles. The van der Waals surface area contributed by atoms with Crippen LogP contribution in [0.25, 0.3) is 0 Å². The Morgan fingerprint density at radius 1 is 1.00 bits per heavy atom. The lowest BCUT2D eigenvalue weighted by Crippen LogP contribution is -2.47. The number of hydrogen-bond donors (Lipinski definition) is 1. The Kier molecular flexibility index (Phi) is 4.86. The van der Waals surface area contributed by atoms with E-state index in [1.54, 1.807) is 0 Å². The summed E-state index contributed by atoms with van der Waals surface area (Å²) in [6.45, 7) is 3.54. The van der Waals surface area contributed by atoms with Gasteiger partial charge < -0.3 is 5.32 Å². The van der Waals surface area contributed by atoms with Crippen molar-refractivity contribution in [3.8, 4) is 0 Å². The molecule has 1 aromatic carbocycles. The first-order valence-electron chi connectivity index (χ1n) is 8.16. The van der Waals surface area contributed by atoms with Gasteiger partial charge in [-0.2, -0.15) is 0 Å². The molecule has 2 fully saturated rings. The highest BCUT2D eigenvalue weighted by molar-refractivity contribution is 5.24. The molecule has 2 aliphatic rings. The maximum absolute atomic E-state index is 14.3. The van der Waals surface area contributed by atoms with E-state index in [9.17, 15) is 8.78 Å². The highest BCUT2D eigenvalue weighted by Crippen LogP contribution is 2.40. The molecular formula is C17H24F2N2. The van der Waals surface area contributed by atoms with Gasteiger partial charge in [0.1, 0.15) is 11.6 Å². The molecule has 0 spiro atoms. The number of benzene rings is 1. The Morgan fingerprint density at radius 3 is 2.24 bits per heavy atom. The van der Waals surface area contributed by atoms with Crippen molar-refractivity contribution < 1.29 is 8.78 Å². The van der Waals surface area contributed by atoms with Crippen LogP contribution in [0, 0.1) is 17.6 Å². The average molecular weight is 294 g/mol. The minimum atomic E-state index is -0.385. The molecule has 1 heterocycles. The zero-order valence-electron chi connectivity index (χ0n) is 12.5. The summed E-state index contributed by atoms with van der Waals surface area (Å²) in [5.41, 5.74) is 0.298. The molecule has 0 aromatic heterocycles. The van der Waals surface area contributed by atoms with Crippen LogP contribution in [0.3, 0.4) is 0 Å². The van der Waals surface area contributed by atoms with Gasteiger partial charge in [-0.25, -0.2) is 8.78 Å². The van der Waals surface area contributed by atoms with Crippen LogP contribution in [-0.4, -0.2) is 31.1 Å². The fourth-order valence-corrected chi connectivity index (χ4v) is 3.92. The molecule has 3 rings (SSSR count). The Bertz CT molecular complexity index is 428. The van der Waals surface area contributed by atoms with Crippen LogP contribution < -0.4 is 5.32 Å². The number of rotatable bonds is 3. The van der Waals surface area contributed by atoms with Crippen molar-refractivity contribution in [2.24, 2.45) is 5.92 Å². The molecule has 116 valence electrons. The molecular weight excluding hydrogens is 270 g/mol. The zero-order valence-corrected chi connectivity index (χ0v) is 12.5. The van der Waals surface area contributed by atoms with E-state index >= 15 is 0 Å². The molecule has 1 saturated heterocycles. The summed E-state index contributed by atoms with van der Waals surface area (Å²) < 4.78 is 28.7. The molecule has 0 radical (unpaired) electrons. The van der Waals surface area contributed by atoms with Gasteiger partial charge in [-0.1, -0.05) is 25.3 Å². The molecule has 1 aliphatic carbocycles. The molecule has 0 bridgehead atoms. The number of halogens is 2. The highest BCUT2D eigenvalue weighted by atomic mass is 19.1. The Hall–Kier alpha value is -1.00. The van der Waals surface area contributed by atoms with Gasteiger partial charge in [0, 0.05) is 37.8 Å². The SMILES string of the molecule is Fc1cccc(F)c1[C@H](C1CCCCC1)N1CCNCC1. The number of nitrogens with zero attached hydrogens (tertiary/aromatic N) is 1. The summed E-state index contributed by atoms with van der Waals surface area (Å²) in [6, 6.07) is 4.16. The summed E-state index contributed by atoms with van der Waals surface area (Å²) in [6.07, 6.45) is 5.79. The van der Waals surface area contributed by atoms with Crippen LogP contribution in [0.4, 0.5) is 8.78 Å². The normalized spacial score (nSPS) is 23.1. The fourth-order valence-electron chi connectivity index (χ4n) is 3.92. The van der Waals surface area contributed by atoms with Crippen LogP contribution in [0.15, 0.2) is 18.2 Å². The summed E-state index contributed by atoms with van der Waals surface area (Å²) in [7, 11) is 0. The van der Waals surface area contributed by atoms with E-state index in [1.165, 1.54) is 37.5 Å².